The Balaban J connectivity index is 2.16. The molecular weight excluding hydrogens is 280 g/mol. The number of benzene rings is 2. The smallest absolute Gasteiger partial charge is 0.201 e. The van der Waals surface area contributed by atoms with Crippen molar-refractivity contribution in [2.75, 3.05) is 0 Å². The number of ether oxygens (including phenoxy) is 1. The van der Waals surface area contributed by atoms with Crippen LogP contribution in [0.5, 0.6) is 11.5 Å². The maximum atomic E-state index is 12.8. The molecule has 1 N–H and O–H groups in total. The van der Waals surface area contributed by atoms with Crippen molar-refractivity contribution in [1.82, 2.24) is 0 Å². The fraction of sp³-hybridized carbons (Fsp3) is 0.278. The molecular formula is C18H16O4. The summed E-state index contributed by atoms with van der Waals surface area (Å²) in [5.74, 6) is 0.512. The summed E-state index contributed by atoms with van der Waals surface area (Å²) in [6, 6.07) is 8.63. The first-order valence-electron chi connectivity index (χ1n) is 7.36. The predicted octanol–water partition coefficient (Wildman–Crippen LogP) is 3.76. The normalized spacial score (nSPS) is 16.5. The second kappa shape index (κ2) is 4.26. The van der Waals surface area contributed by atoms with E-state index in [1.54, 1.807) is 30.3 Å². The summed E-state index contributed by atoms with van der Waals surface area (Å²) in [6.07, 6.45) is 1.54. The van der Waals surface area contributed by atoms with Gasteiger partial charge < -0.3 is 14.3 Å². The number of para-hydroxylation sites is 1. The molecule has 4 nitrogen and oxygen atoms in total. The first kappa shape index (κ1) is 13.2. The van der Waals surface area contributed by atoms with Crippen molar-refractivity contribution in [3.8, 4) is 11.5 Å². The Morgan fingerprint density at radius 3 is 2.82 bits per heavy atom. The fourth-order valence-electron chi connectivity index (χ4n) is 3.11. The van der Waals surface area contributed by atoms with E-state index in [4.69, 9.17) is 9.15 Å². The molecule has 22 heavy (non-hydrogen) atoms. The first-order chi connectivity index (χ1) is 10.5. The lowest BCUT2D eigenvalue weighted by molar-refractivity contribution is 0.0849. The Morgan fingerprint density at radius 1 is 1.23 bits per heavy atom. The maximum Gasteiger partial charge on any atom is 0.201 e. The number of rotatable bonds is 0. The van der Waals surface area contributed by atoms with Gasteiger partial charge in [0.1, 0.15) is 16.9 Å². The van der Waals surface area contributed by atoms with E-state index in [-0.39, 0.29) is 22.4 Å². The summed E-state index contributed by atoms with van der Waals surface area (Å²) in [5, 5.41) is 11.2. The molecule has 0 bridgehead atoms. The van der Waals surface area contributed by atoms with Crippen LogP contribution in [0.15, 0.2) is 39.5 Å². The average molecular weight is 296 g/mol. The maximum absolute atomic E-state index is 12.8. The number of fused-ring (bicyclic) bond motifs is 4. The minimum Gasteiger partial charge on any atom is -0.504 e. The second-order valence-electron chi connectivity index (χ2n) is 6.37. The van der Waals surface area contributed by atoms with Crippen molar-refractivity contribution in [3.63, 3.8) is 0 Å². The van der Waals surface area contributed by atoms with Crippen LogP contribution < -0.4 is 10.2 Å². The minimum atomic E-state index is -0.301. The minimum absolute atomic E-state index is 0.0608. The summed E-state index contributed by atoms with van der Waals surface area (Å²) in [7, 11) is 0. The number of aromatic hydroxyl groups is 1. The largest absolute Gasteiger partial charge is 0.504 e. The highest BCUT2D eigenvalue weighted by molar-refractivity contribution is 5.95. The molecule has 1 aliphatic rings. The summed E-state index contributed by atoms with van der Waals surface area (Å²) >= 11 is 0. The molecule has 0 saturated heterocycles. The van der Waals surface area contributed by atoms with E-state index in [9.17, 15) is 9.90 Å². The highest BCUT2D eigenvalue weighted by atomic mass is 16.5. The van der Waals surface area contributed by atoms with Crippen LogP contribution in [-0.2, 0) is 6.42 Å². The van der Waals surface area contributed by atoms with Gasteiger partial charge in [-0.25, -0.2) is 0 Å². The van der Waals surface area contributed by atoms with Crippen molar-refractivity contribution < 1.29 is 14.3 Å². The molecule has 0 spiro atoms. The number of aryl methyl sites for hydroxylation is 1. The Kier molecular flexibility index (Phi) is 2.55. The van der Waals surface area contributed by atoms with Gasteiger partial charge in [-0.05, 0) is 38.8 Å². The molecule has 1 aromatic heterocycles. The third-order valence-corrected chi connectivity index (χ3v) is 4.26. The third kappa shape index (κ3) is 1.80. The quantitative estimate of drug-likeness (QED) is 0.642. The Labute approximate surface area is 126 Å². The number of hydrogen-bond donors (Lipinski definition) is 1. The monoisotopic (exact) mass is 296 g/mol. The molecule has 4 rings (SSSR count). The highest BCUT2D eigenvalue weighted by Gasteiger charge is 2.30. The lowest BCUT2D eigenvalue weighted by Crippen LogP contribution is -2.33. The van der Waals surface area contributed by atoms with E-state index in [2.05, 4.69) is 0 Å². The molecule has 3 aromatic rings. The molecule has 0 saturated carbocycles. The van der Waals surface area contributed by atoms with Gasteiger partial charge in [0.25, 0.3) is 0 Å². The van der Waals surface area contributed by atoms with E-state index in [1.165, 1.54) is 0 Å². The average Bonchev–Trinajstić information content (AvgIpc) is 2.47. The van der Waals surface area contributed by atoms with Gasteiger partial charge in [0.15, 0.2) is 11.3 Å². The van der Waals surface area contributed by atoms with Crippen LogP contribution in [0.4, 0.5) is 0 Å². The zero-order valence-corrected chi connectivity index (χ0v) is 12.5. The molecule has 4 heteroatoms. The second-order valence-corrected chi connectivity index (χ2v) is 6.37. The van der Waals surface area contributed by atoms with Gasteiger partial charge in [0, 0.05) is 11.6 Å². The van der Waals surface area contributed by atoms with E-state index < -0.39 is 0 Å². The summed E-state index contributed by atoms with van der Waals surface area (Å²) in [5.41, 5.74) is 1.13. The van der Waals surface area contributed by atoms with Crippen LogP contribution in [-0.4, -0.2) is 10.7 Å². The van der Waals surface area contributed by atoms with E-state index in [0.717, 1.165) is 18.4 Å². The lowest BCUT2D eigenvalue weighted by atomic mass is 9.91. The van der Waals surface area contributed by atoms with E-state index in [1.807, 2.05) is 13.8 Å². The third-order valence-electron chi connectivity index (χ3n) is 4.26. The SMILES string of the molecule is CC1(C)CCc2c(cc(O)c3oc4ccccc4c(=O)c23)O1. The summed E-state index contributed by atoms with van der Waals surface area (Å²) < 4.78 is 11.7. The van der Waals surface area contributed by atoms with Crippen molar-refractivity contribution in [2.45, 2.75) is 32.3 Å². The molecule has 0 amide bonds. The number of phenols is 1. The van der Waals surface area contributed by atoms with Gasteiger partial charge in [-0.2, -0.15) is 0 Å². The molecule has 0 atom stereocenters. The van der Waals surface area contributed by atoms with Gasteiger partial charge >= 0.3 is 0 Å². The Hall–Kier alpha value is -2.49. The highest BCUT2D eigenvalue weighted by Crippen LogP contribution is 2.41. The van der Waals surface area contributed by atoms with Gasteiger partial charge in [-0.3, -0.25) is 4.79 Å². The standard InChI is InChI=1S/C18H16O4/c1-18(2)8-7-10-14(22-18)9-12(19)17-15(10)16(20)11-5-3-4-6-13(11)21-17/h3-6,9,19H,7-8H2,1-2H3. The first-order valence-corrected chi connectivity index (χ1v) is 7.36. The topological polar surface area (TPSA) is 59.7 Å². The molecule has 0 radical (unpaired) electrons. The van der Waals surface area contributed by atoms with Gasteiger partial charge in [-0.15, -0.1) is 0 Å². The van der Waals surface area contributed by atoms with Crippen molar-refractivity contribution >= 4 is 21.9 Å². The molecule has 0 unspecified atom stereocenters. The van der Waals surface area contributed by atoms with Gasteiger partial charge in [0.05, 0.1) is 10.8 Å². The molecule has 2 heterocycles. The van der Waals surface area contributed by atoms with Crippen molar-refractivity contribution in [1.29, 1.82) is 0 Å². The van der Waals surface area contributed by atoms with Crippen LogP contribution in [0.25, 0.3) is 21.9 Å². The zero-order chi connectivity index (χ0) is 15.5. The summed E-state index contributed by atoms with van der Waals surface area (Å²) in [6.45, 7) is 4.00. The Bertz CT molecular complexity index is 966. The van der Waals surface area contributed by atoms with Crippen LogP contribution in [0.2, 0.25) is 0 Å². The number of hydrogen-bond acceptors (Lipinski definition) is 4. The zero-order valence-electron chi connectivity index (χ0n) is 12.5. The molecule has 112 valence electrons. The molecule has 0 fully saturated rings. The molecule has 2 aromatic carbocycles. The van der Waals surface area contributed by atoms with Crippen molar-refractivity contribution in [3.05, 3.63) is 46.1 Å². The Morgan fingerprint density at radius 2 is 2.00 bits per heavy atom. The number of phenolic OH excluding ortho intramolecular Hbond substituents is 1. The lowest BCUT2D eigenvalue weighted by Gasteiger charge is -2.33. The van der Waals surface area contributed by atoms with Crippen LogP contribution in [0, 0.1) is 0 Å². The van der Waals surface area contributed by atoms with Crippen LogP contribution in [0.1, 0.15) is 25.8 Å². The van der Waals surface area contributed by atoms with E-state index in [0.29, 0.717) is 22.1 Å². The molecule has 1 aliphatic heterocycles. The van der Waals surface area contributed by atoms with Gasteiger partial charge in [0.2, 0.25) is 5.43 Å². The van der Waals surface area contributed by atoms with Crippen molar-refractivity contribution in [2.24, 2.45) is 0 Å². The fourth-order valence-corrected chi connectivity index (χ4v) is 3.11. The predicted molar refractivity (Wildman–Crippen MR) is 84.7 cm³/mol. The van der Waals surface area contributed by atoms with E-state index >= 15 is 0 Å². The van der Waals surface area contributed by atoms with Gasteiger partial charge in [-0.1, -0.05) is 12.1 Å². The molecule has 0 aliphatic carbocycles. The van der Waals surface area contributed by atoms with Crippen LogP contribution >= 0.6 is 0 Å². The van der Waals surface area contributed by atoms with Crippen LogP contribution in [0.3, 0.4) is 0 Å². The summed E-state index contributed by atoms with van der Waals surface area (Å²) in [4.78, 5) is 12.8.